The molecule has 2 aromatic rings. The lowest BCUT2D eigenvalue weighted by Crippen LogP contribution is -2.42. The second-order valence-electron chi connectivity index (χ2n) is 5.47. The van der Waals surface area contributed by atoms with Crippen molar-refractivity contribution < 1.29 is 14.0 Å². The van der Waals surface area contributed by atoms with Crippen LogP contribution in [-0.2, 0) is 16.1 Å². The first-order valence-electron chi connectivity index (χ1n) is 8.00. The third-order valence-electron chi connectivity index (χ3n) is 3.75. The van der Waals surface area contributed by atoms with Crippen molar-refractivity contribution in [3.05, 3.63) is 30.1 Å². The average Bonchev–Trinajstić information content (AvgIpc) is 3.05. The molecule has 0 fully saturated rings. The Hall–Kier alpha value is -2.84. The number of tetrazole rings is 1. The molecule has 0 radical (unpaired) electrons. The first-order valence-corrected chi connectivity index (χ1v) is 8.00. The lowest BCUT2D eigenvalue weighted by atomic mass is 10.2. The Labute approximate surface area is 145 Å². The Morgan fingerprint density at radius 2 is 1.76 bits per heavy atom. The predicted molar refractivity (Wildman–Crippen MR) is 88.8 cm³/mol. The molecule has 0 saturated carbocycles. The van der Waals surface area contributed by atoms with Gasteiger partial charge in [-0.25, -0.2) is 4.39 Å². The molecule has 0 N–H and O–H groups in total. The van der Waals surface area contributed by atoms with Gasteiger partial charge in [-0.05, 0) is 43.3 Å². The lowest BCUT2D eigenvalue weighted by molar-refractivity contribution is -0.139. The van der Waals surface area contributed by atoms with Gasteiger partial charge in [-0.3, -0.25) is 9.59 Å². The number of benzene rings is 1. The molecule has 1 heterocycles. The first-order chi connectivity index (χ1) is 11.9. The summed E-state index contributed by atoms with van der Waals surface area (Å²) in [7, 11) is 1.56. The summed E-state index contributed by atoms with van der Waals surface area (Å²) in [6.45, 7) is 4.85. The first kappa shape index (κ1) is 18.5. The zero-order valence-corrected chi connectivity index (χ0v) is 14.5. The lowest BCUT2D eigenvalue weighted by Gasteiger charge is -2.22. The Kier molecular flexibility index (Phi) is 6.15. The molecular formula is C16H21FN6O2. The van der Waals surface area contributed by atoms with Crippen LogP contribution in [0.15, 0.2) is 24.3 Å². The molecule has 1 aromatic carbocycles. The molecule has 1 aromatic heterocycles. The van der Waals surface area contributed by atoms with Gasteiger partial charge in [-0.2, -0.15) is 4.80 Å². The summed E-state index contributed by atoms with van der Waals surface area (Å²) in [6, 6.07) is 5.67. The molecule has 0 unspecified atom stereocenters. The Morgan fingerprint density at radius 3 is 2.36 bits per heavy atom. The van der Waals surface area contributed by atoms with Crippen molar-refractivity contribution in [2.24, 2.45) is 0 Å². The maximum Gasteiger partial charge on any atom is 0.246 e. The van der Waals surface area contributed by atoms with E-state index in [1.165, 1.54) is 29.2 Å². The molecule has 0 aliphatic rings. The average molecular weight is 348 g/mol. The quantitative estimate of drug-likeness (QED) is 0.739. The van der Waals surface area contributed by atoms with Crippen LogP contribution in [0.5, 0.6) is 0 Å². The van der Waals surface area contributed by atoms with Crippen molar-refractivity contribution >= 4 is 11.8 Å². The summed E-state index contributed by atoms with van der Waals surface area (Å²) in [6.07, 6.45) is 0. The normalized spacial score (nSPS) is 10.6. The second-order valence-corrected chi connectivity index (χ2v) is 5.47. The number of amides is 2. The number of nitrogens with zero attached hydrogens (tertiary/aromatic N) is 6. The van der Waals surface area contributed by atoms with E-state index in [0.29, 0.717) is 24.5 Å². The monoisotopic (exact) mass is 348 g/mol. The molecule has 2 rings (SSSR count). The van der Waals surface area contributed by atoms with Gasteiger partial charge in [-0.1, -0.05) is 0 Å². The van der Waals surface area contributed by atoms with Gasteiger partial charge in [-0.15, -0.1) is 10.2 Å². The van der Waals surface area contributed by atoms with Gasteiger partial charge < -0.3 is 9.80 Å². The topological polar surface area (TPSA) is 84.2 Å². The van der Waals surface area contributed by atoms with Crippen molar-refractivity contribution in [2.75, 3.05) is 26.7 Å². The number of carbonyl (C=O) groups is 2. The van der Waals surface area contributed by atoms with Gasteiger partial charge in [0.15, 0.2) is 0 Å². The second kappa shape index (κ2) is 8.32. The van der Waals surface area contributed by atoms with E-state index in [0.717, 1.165) is 4.80 Å². The van der Waals surface area contributed by atoms with Gasteiger partial charge >= 0.3 is 0 Å². The summed E-state index contributed by atoms with van der Waals surface area (Å²) >= 11 is 0. The molecule has 0 atom stereocenters. The van der Waals surface area contributed by atoms with Crippen molar-refractivity contribution in [2.45, 2.75) is 20.4 Å². The van der Waals surface area contributed by atoms with E-state index < -0.39 is 0 Å². The van der Waals surface area contributed by atoms with Crippen molar-refractivity contribution in [3.63, 3.8) is 0 Å². The number of hydrogen-bond acceptors (Lipinski definition) is 5. The molecular weight excluding hydrogens is 327 g/mol. The molecule has 8 nitrogen and oxygen atoms in total. The summed E-state index contributed by atoms with van der Waals surface area (Å²) < 4.78 is 12.9. The van der Waals surface area contributed by atoms with Crippen LogP contribution < -0.4 is 0 Å². The highest BCUT2D eigenvalue weighted by atomic mass is 19.1. The highest BCUT2D eigenvalue weighted by Crippen LogP contribution is 2.13. The SMILES string of the molecule is CCN(CC)C(=O)CN(C)C(=O)Cn1nnc(-c2ccc(F)cc2)n1. The Balaban J connectivity index is 1.96. The van der Waals surface area contributed by atoms with E-state index >= 15 is 0 Å². The van der Waals surface area contributed by atoms with Crippen molar-refractivity contribution in [1.82, 2.24) is 30.0 Å². The molecule has 0 spiro atoms. The fourth-order valence-electron chi connectivity index (χ4n) is 2.23. The summed E-state index contributed by atoms with van der Waals surface area (Å²) in [4.78, 5) is 28.4. The van der Waals surface area contributed by atoms with E-state index in [1.807, 2.05) is 13.8 Å². The van der Waals surface area contributed by atoms with Crippen LogP contribution in [0.1, 0.15) is 13.8 Å². The Morgan fingerprint density at radius 1 is 1.12 bits per heavy atom. The van der Waals surface area contributed by atoms with Crippen molar-refractivity contribution in [1.29, 1.82) is 0 Å². The third-order valence-corrected chi connectivity index (χ3v) is 3.75. The zero-order valence-electron chi connectivity index (χ0n) is 14.5. The van der Waals surface area contributed by atoms with E-state index in [-0.39, 0.29) is 30.7 Å². The minimum atomic E-state index is -0.356. The highest BCUT2D eigenvalue weighted by Gasteiger charge is 2.18. The molecule has 0 aliphatic heterocycles. The van der Waals surface area contributed by atoms with Crippen LogP contribution in [0.2, 0.25) is 0 Å². The van der Waals surface area contributed by atoms with Crippen molar-refractivity contribution in [3.8, 4) is 11.4 Å². The van der Waals surface area contributed by atoms with E-state index in [9.17, 15) is 14.0 Å². The smallest absolute Gasteiger partial charge is 0.246 e. The summed E-state index contributed by atoms with van der Waals surface area (Å²) in [5, 5.41) is 11.8. The number of rotatable bonds is 7. The van der Waals surface area contributed by atoms with Gasteiger partial charge in [0.1, 0.15) is 12.4 Å². The minimum absolute atomic E-state index is 0.0000295. The summed E-state index contributed by atoms with van der Waals surface area (Å²) in [5.74, 6) is -0.469. The number of halogens is 1. The van der Waals surface area contributed by atoms with E-state index in [1.54, 1.807) is 11.9 Å². The van der Waals surface area contributed by atoms with Gasteiger partial charge in [0.2, 0.25) is 17.6 Å². The summed E-state index contributed by atoms with van der Waals surface area (Å²) in [5.41, 5.74) is 0.602. The fourth-order valence-corrected chi connectivity index (χ4v) is 2.23. The van der Waals surface area contributed by atoms with Gasteiger partial charge in [0, 0.05) is 25.7 Å². The van der Waals surface area contributed by atoms with E-state index in [2.05, 4.69) is 15.4 Å². The van der Waals surface area contributed by atoms with Gasteiger partial charge in [0.05, 0.1) is 6.54 Å². The molecule has 0 bridgehead atoms. The predicted octanol–water partition coefficient (Wildman–Crippen LogP) is 0.806. The maximum atomic E-state index is 12.9. The maximum absolute atomic E-state index is 12.9. The standard InChI is InChI=1S/C16H21FN6O2/c1-4-22(5-2)15(25)10-21(3)14(24)11-23-19-16(18-20-23)12-6-8-13(17)9-7-12/h6-9H,4-5,10-11H2,1-3H3. The zero-order chi connectivity index (χ0) is 18.4. The molecule has 0 aliphatic carbocycles. The minimum Gasteiger partial charge on any atom is -0.342 e. The third kappa shape index (κ3) is 4.82. The van der Waals surface area contributed by atoms with Crippen LogP contribution >= 0.6 is 0 Å². The Bertz CT molecular complexity index is 726. The number of carbonyl (C=O) groups excluding carboxylic acids is 2. The molecule has 25 heavy (non-hydrogen) atoms. The van der Waals surface area contributed by atoms with Gasteiger partial charge in [0.25, 0.3) is 0 Å². The van der Waals surface area contributed by atoms with Crippen LogP contribution in [0.3, 0.4) is 0 Å². The molecule has 9 heteroatoms. The van der Waals surface area contributed by atoms with Crippen LogP contribution in [0.4, 0.5) is 4.39 Å². The molecule has 134 valence electrons. The number of hydrogen-bond donors (Lipinski definition) is 0. The fraction of sp³-hybridized carbons (Fsp3) is 0.438. The number of likely N-dealkylation sites (N-methyl/N-ethyl adjacent to an activating group) is 2. The largest absolute Gasteiger partial charge is 0.342 e. The molecule has 2 amide bonds. The molecule has 0 saturated heterocycles. The van der Waals surface area contributed by atoms with Crippen LogP contribution in [0, 0.1) is 5.82 Å². The number of aromatic nitrogens is 4. The van der Waals surface area contributed by atoms with E-state index in [4.69, 9.17) is 0 Å². The highest BCUT2D eigenvalue weighted by molar-refractivity contribution is 5.84. The van der Waals surface area contributed by atoms with Crippen LogP contribution in [0.25, 0.3) is 11.4 Å². The van der Waals surface area contributed by atoms with Crippen LogP contribution in [-0.4, -0.2) is 68.5 Å².